The third kappa shape index (κ3) is 3.26. The summed E-state index contributed by atoms with van der Waals surface area (Å²) in [5.74, 6) is 1.70. The second-order valence-corrected chi connectivity index (χ2v) is 13.1. The van der Waals surface area contributed by atoms with Crippen molar-refractivity contribution in [1.82, 2.24) is 0 Å². The molecule has 0 radical (unpaired) electrons. The van der Waals surface area contributed by atoms with E-state index in [1.165, 1.54) is 50.5 Å². The van der Waals surface area contributed by atoms with E-state index in [2.05, 4.69) is 60.6 Å². The lowest BCUT2D eigenvalue weighted by atomic mass is 9.36. The first-order valence-electron chi connectivity index (χ1n) is 13.2. The van der Waals surface area contributed by atoms with Crippen molar-refractivity contribution < 1.29 is 10.2 Å². The van der Waals surface area contributed by atoms with E-state index in [4.69, 9.17) is 0 Å². The smallest absolute Gasteiger partial charge is 0.0799 e. The van der Waals surface area contributed by atoms with Crippen molar-refractivity contribution in [2.75, 3.05) is 6.61 Å². The lowest BCUT2D eigenvalue weighted by Gasteiger charge is -2.68. The molecule has 0 bridgehead atoms. The van der Waals surface area contributed by atoms with E-state index in [0.29, 0.717) is 22.7 Å². The topological polar surface area (TPSA) is 40.5 Å². The predicted molar refractivity (Wildman–Crippen MR) is 134 cm³/mol. The molecule has 2 N–H and O–H groups in total. The SMILES string of the molecule is CC(C)=CCC/C(C)=C1/CC[C@@]2(C)[C@H]1CC[C@H]1[C@@]3(C)C=C[C@H](O)[C@](C)(CO)[C@@H]3CC[C@@]12C. The van der Waals surface area contributed by atoms with Gasteiger partial charge in [-0.3, -0.25) is 0 Å². The summed E-state index contributed by atoms with van der Waals surface area (Å²) in [5, 5.41) is 21.1. The van der Waals surface area contributed by atoms with Crippen LogP contribution in [-0.2, 0) is 0 Å². The lowest BCUT2D eigenvalue weighted by molar-refractivity contribution is -0.189. The monoisotopic (exact) mass is 440 g/mol. The van der Waals surface area contributed by atoms with Gasteiger partial charge in [0, 0.05) is 5.41 Å². The molecule has 0 aromatic rings. The molecule has 4 rings (SSSR count). The van der Waals surface area contributed by atoms with E-state index in [1.54, 1.807) is 11.1 Å². The molecular formula is C30H48O2. The van der Waals surface area contributed by atoms with Crippen LogP contribution in [0.1, 0.15) is 99.8 Å². The molecule has 3 saturated carbocycles. The molecule has 0 amide bonds. The molecule has 0 aromatic carbocycles. The Balaban J connectivity index is 1.67. The van der Waals surface area contributed by atoms with Gasteiger partial charge in [-0.15, -0.1) is 0 Å². The first-order chi connectivity index (χ1) is 14.9. The lowest BCUT2D eigenvalue weighted by Crippen LogP contribution is -2.63. The highest BCUT2D eigenvalue weighted by molar-refractivity contribution is 5.31. The average Bonchev–Trinajstić information content (AvgIpc) is 3.09. The van der Waals surface area contributed by atoms with Crippen LogP contribution in [0.25, 0.3) is 0 Å². The Morgan fingerprint density at radius 2 is 1.72 bits per heavy atom. The van der Waals surface area contributed by atoms with Gasteiger partial charge >= 0.3 is 0 Å². The number of rotatable bonds is 4. The summed E-state index contributed by atoms with van der Waals surface area (Å²) in [6, 6.07) is 0. The molecule has 0 spiro atoms. The van der Waals surface area contributed by atoms with Gasteiger partial charge in [-0.05, 0) is 106 Å². The normalized spacial score (nSPS) is 49.2. The minimum Gasteiger partial charge on any atom is -0.396 e. The van der Waals surface area contributed by atoms with Crippen LogP contribution in [0.4, 0.5) is 0 Å². The second kappa shape index (κ2) is 8.12. The quantitative estimate of drug-likeness (QED) is 0.453. The fraction of sp³-hybridized carbons (Fsp3) is 0.800. The summed E-state index contributed by atoms with van der Waals surface area (Å²) in [6.45, 7) is 16.7. The zero-order chi connectivity index (χ0) is 23.5. The van der Waals surface area contributed by atoms with Crippen molar-refractivity contribution in [2.24, 2.45) is 39.4 Å². The zero-order valence-electron chi connectivity index (χ0n) is 21.8. The molecule has 180 valence electrons. The minimum atomic E-state index is -0.536. The largest absolute Gasteiger partial charge is 0.396 e. The maximum Gasteiger partial charge on any atom is 0.0799 e. The maximum atomic E-state index is 10.8. The Morgan fingerprint density at radius 1 is 1.00 bits per heavy atom. The summed E-state index contributed by atoms with van der Waals surface area (Å²) < 4.78 is 0. The molecule has 3 fully saturated rings. The molecular weight excluding hydrogens is 392 g/mol. The van der Waals surface area contributed by atoms with Gasteiger partial charge in [0.05, 0.1) is 12.7 Å². The number of hydrogen-bond donors (Lipinski definition) is 2. The van der Waals surface area contributed by atoms with E-state index >= 15 is 0 Å². The van der Waals surface area contributed by atoms with Crippen molar-refractivity contribution in [1.29, 1.82) is 0 Å². The van der Waals surface area contributed by atoms with E-state index in [9.17, 15) is 10.2 Å². The van der Waals surface area contributed by atoms with Gasteiger partial charge in [0.15, 0.2) is 0 Å². The molecule has 0 aliphatic heterocycles. The van der Waals surface area contributed by atoms with E-state index < -0.39 is 11.5 Å². The van der Waals surface area contributed by atoms with Crippen LogP contribution in [0.3, 0.4) is 0 Å². The van der Waals surface area contributed by atoms with Crippen LogP contribution >= 0.6 is 0 Å². The fourth-order valence-corrected chi connectivity index (χ4v) is 9.26. The number of aliphatic hydroxyl groups excluding tert-OH is 2. The van der Waals surface area contributed by atoms with Crippen LogP contribution in [0, 0.1) is 39.4 Å². The van der Waals surface area contributed by atoms with E-state index in [1.807, 2.05) is 6.08 Å². The Labute approximate surface area is 197 Å². The third-order valence-electron chi connectivity index (χ3n) is 11.4. The molecule has 32 heavy (non-hydrogen) atoms. The van der Waals surface area contributed by atoms with Crippen LogP contribution < -0.4 is 0 Å². The Hall–Kier alpha value is -0.860. The first kappa shape index (κ1) is 24.3. The number of allylic oxidation sites excluding steroid dienone is 5. The van der Waals surface area contributed by atoms with Crippen molar-refractivity contribution in [3.8, 4) is 0 Å². The maximum absolute atomic E-state index is 10.8. The van der Waals surface area contributed by atoms with Crippen LogP contribution in [0.2, 0.25) is 0 Å². The molecule has 0 unspecified atom stereocenters. The van der Waals surface area contributed by atoms with Crippen molar-refractivity contribution >= 4 is 0 Å². The number of fused-ring (bicyclic) bond motifs is 5. The molecule has 0 heterocycles. The van der Waals surface area contributed by atoms with Gasteiger partial charge in [-0.25, -0.2) is 0 Å². The van der Waals surface area contributed by atoms with Gasteiger partial charge in [-0.1, -0.05) is 62.6 Å². The molecule has 4 aliphatic carbocycles. The van der Waals surface area contributed by atoms with E-state index in [0.717, 1.165) is 12.3 Å². The van der Waals surface area contributed by atoms with Gasteiger partial charge in [0.1, 0.15) is 0 Å². The summed E-state index contributed by atoms with van der Waals surface area (Å²) in [4.78, 5) is 0. The minimum absolute atomic E-state index is 0.0582. The van der Waals surface area contributed by atoms with Gasteiger partial charge in [0.2, 0.25) is 0 Å². The molecule has 2 heteroatoms. The number of aliphatic hydroxyl groups is 2. The summed E-state index contributed by atoms with van der Waals surface area (Å²) in [5.41, 5.74) is 5.18. The standard InChI is InChI=1S/C30H48O2/c1-20(2)9-8-10-21(3)22-13-17-29(6)23(22)11-12-25-27(4)16-15-26(32)28(5,19-31)24(27)14-18-30(25,29)7/h9,15-16,23-26,31-32H,8,10-14,17-19H2,1-7H3/b22-21-/t23-,24+,25-,26-,27-,28+,29-,30-/m0/s1. The van der Waals surface area contributed by atoms with Crippen molar-refractivity contribution in [3.63, 3.8) is 0 Å². The predicted octanol–water partition coefficient (Wildman–Crippen LogP) is 7.23. The Kier molecular flexibility index (Phi) is 6.16. The molecule has 8 atom stereocenters. The van der Waals surface area contributed by atoms with Crippen LogP contribution in [0.15, 0.2) is 34.9 Å². The van der Waals surface area contributed by atoms with Crippen molar-refractivity contribution in [3.05, 3.63) is 34.9 Å². The fourth-order valence-electron chi connectivity index (χ4n) is 9.26. The Bertz CT molecular complexity index is 832. The van der Waals surface area contributed by atoms with Gasteiger partial charge in [0.25, 0.3) is 0 Å². The first-order valence-corrected chi connectivity index (χ1v) is 13.2. The van der Waals surface area contributed by atoms with Crippen LogP contribution in [0.5, 0.6) is 0 Å². The van der Waals surface area contributed by atoms with Gasteiger partial charge < -0.3 is 10.2 Å². The number of hydrogen-bond acceptors (Lipinski definition) is 2. The highest BCUT2D eigenvalue weighted by Gasteiger charge is 2.67. The third-order valence-corrected chi connectivity index (χ3v) is 11.4. The van der Waals surface area contributed by atoms with Crippen molar-refractivity contribution in [2.45, 2.75) is 106 Å². The zero-order valence-corrected chi connectivity index (χ0v) is 21.8. The highest BCUT2D eigenvalue weighted by atomic mass is 16.3. The summed E-state index contributed by atoms with van der Waals surface area (Å²) in [6.07, 6.45) is 16.1. The summed E-state index contributed by atoms with van der Waals surface area (Å²) in [7, 11) is 0. The summed E-state index contributed by atoms with van der Waals surface area (Å²) >= 11 is 0. The van der Waals surface area contributed by atoms with E-state index in [-0.39, 0.29) is 12.0 Å². The highest BCUT2D eigenvalue weighted by Crippen LogP contribution is 2.74. The average molecular weight is 441 g/mol. The van der Waals surface area contributed by atoms with Crippen LogP contribution in [-0.4, -0.2) is 22.9 Å². The second-order valence-electron chi connectivity index (χ2n) is 13.1. The molecule has 4 aliphatic rings. The molecule has 0 saturated heterocycles. The Morgan fingerprint density at radius 3 is 2.38 bits per heavy atom. The molecule has 2 nitrogen and oxygen atoms in total. The molecule has 0 aromatic heterocycles. The van der Waals surface area contributed by atoms with Gasteiger partial charge in [-0.2, -0.15) is 0 Å².